The summed E-state index contributed by atoms with van der Waals surface area (Å²) in [6.07, 6.45) is 3.98. The molecule has 2 aromatic carbocycles. The fraction of sp³-hybridized carbons (Fsp3) is 0.480. The van der Waals surface area contributed by atoms with Gasteiger partial charge in [0.1, 0.15) is 19.0 Å². The number of benzene rings is 2. The van der Waals surface area contributed by atoms with Crippen LogP contribution in [-0.4, -0.2) is 45.5 Å². The van der Waals surface area contributed by atoms with Crippen molar-refractivity contribution in [1.82, 2.24) is 4.31 Å². The average molecular weight is 487 g/mol. The van der Waals surface area contributed by atoms with Crippen LogP contribution in [0.4, 0.5) is 5.69 Å². The first-order chi connectivity index (χ1) is 16.2. The Morgan fingerprint density at radius 2 is 1.79 bits per heavy atom. The number of anilines is 1. The van der Waals surface area contributed by atoms with Crippen molar-refractivity contribution >= 4 is 21.6 Å². The maximum atomic E-state index is 14.0. The summed E-state index contributed by atoms with van der Waals surface area (Å²) in [7, 11) is -2.39. The fourth-order valence-corrected chi connectivity index (χ4v) is 7.35. The zero-order chi connectivity index (χ0) is 24.1. The Labute approximate surface area is 200 Å². The Bertz CT molecular complexity index is 1240. The predicted molar refractivity (Wildman–Crippen MR) is 127 cm³/mol. The SMILES string of the molecule is COc1ccc(S(=O)(=O)N2CC3(CCCC3)c3cc4c(cc3[C@@H]2C)OCCO4)cc1NC(C)=O. The van der Waals surface area contributed by atoms with Gasteiger partial charge < -0.3 is 19.5 Å². The number of ether oxygens (including phenoxy) is 3. The van der Waals surface area contributed by atoms with Gasteiger partial charge in [0, 0.05) is 24.9 Å². The van der Waals surface area contributed by atoms with Gasteiger partial charge in [-0.1, -0.05) is 12.8 Å². The molecule has 1 N–H and O–H groups in total. The van der Waals surface area contributed by atoms with Crippen molar-refractivity contribution in [2.75, 3.05) is 32.2 Å². The van der Waals surface area contributed by atoms with Gasteiger partial charge in [-0.15, -0.1) is 0 Å². The summed E-state index contributed by atoms with van der Waals surface area (Å²) in [6.45, 7) is 4.70. The minimum Gasteiger partial charge on any atom is -0.495 e. The van der Waals surface area contributed by atoms with Gasteiger partial charge in [-0.25, -0.2) is 8.42 Å². The van der Waals surface area contributed by atoms with Gasteiger partial charge in [-0.3, -0.25) is 4.79 Å². The van der Waals surface area contributed by atoms with Crippen LogP contribution in [0.3, 0.4) is 0 Å². The van der Waals surface area contributed by atoms with E-state index in [9.17, 15) is 13.2 Å². The first kappa shape index (κ1) is 23.0. The second-order valence-corrected chi connectivity index (χ2v) is 11.2. The number of hydrogen-bond acceptors (Lipinski definition) is 6. The molecule has 5 rings (SSSR count). The minimum atomic E-state index is -3.87. The van der Waals surface area contributed by atoms with Gasteiger partial charge in [0.05, 0.1) is 17.7 Å². The van der Waals surface area contributed by atoms with Crippen LogP contribution >= 0.6 is 0 Å². The fourth-order valence-electron chi connectivity index (χ4n) is 5.63. The molecule has 0 radical (unpaired) electrons. The third-order valence-electron chi connectivity index (χ3n) is 7.28. The van der Waals surface area contributed by atoms with Crippen molar-refractivity contribution in [3.8, 4) is 17.2 Å². The number of hydrogen-bond donors (Lipinski definition) is 1. The lowest BCUT2D eigenvalue weighted by molar-refractivity contribution is -0.114. The van der Waals surface area contributed by atoms with E-state index < -0.39 is 10.0 Å². The number of carbonyl (C=O) groups is 1. The summed E-state index contributed by atoms with van der Waals surface area (Å²) in [4.78, 5) is 11.8. The summed E-state index contributed by atoms with van der Waals surface area (Å²) in [6, 6.07) is 8.25. The largest absolute Gasteiger partial charge is 0.495 e. The van der Waals surface area contributed by atoms with Crippen LogP contribution in [-0.2, 0) is 20.2 Å². The molecule has 8 nitrogen and oxygen atoms in total. The Morgan fingerprint density at radius 1 is 1.12 bits per heavy atom. The van der Waals surface area contributed by atoms with Crippen LogP contribution in [0, 0.1) is 0 Å². The third kappa shape index (κ3) is 3.71. The third-order valence-corrected chi connectivity index (χ3v) is 9.19. The maximum Gasteiger partial charge on any atom is 0.243 e. The molecule has 0 aromatic heterocycles. The van der Waals surface area contributed by atoms with E-state index in [1.165, 1.54) is 31.7 Å². The molecule has 0 bridgehead atoms. The second kappa shape index (κ2) is 8.46. The van der Waals surface area contributed by atoms with Crippen LogP contribution in [0.15, 0.2) is 35.2 Å². The van der Waals surface area contributed by atoms with Crippen molar-refractivity contribution in [3.63, 3.8) is 0 Å². The van der Waals surface area contributed by atoms with Crippen molar-refractivity contribution < 1.29 is 27.4 Å². The van der Waals surface area contributed by atoms with Gasteiger partial charge in [-0.2, -0.15) is 4.31 Å². The van der Waals surface area contributed by atoms with E-state index in [1.807, 2.05) is 13.0 Å². The van der Waals surface area contributed by atoms with Crippen LogP contribution < -0.4 is 19.5 Å². The molecule has 1 spiro atoms. The lowest BCUT2D eigenvalue weighted by Gasteiger charge is -2.45. The highest BCUT2D eigenvalue weighted by Gasteiger charge is 2.48. The van der Waals surface area contributed by atoms with Gasteiger partial charge >= 0.3 is 0 Å². The summed E-state index contributed by atoms with van der Waals surface area (Å²) in [5.41, 5.74) is 2.23. The molecule has 2 heterocycles. The highest BCUT2D eigenvalue weighted by Crippen LogP contribution is 2.53. The molecule has 3 aliphatic rings. The standard InChI is InChI=1S/C25H30N2O6S/c1-16-19-13-23-24(33-11-10-32-23)14-20(19)25(8-4-5-9-25)15-27(16)34(29,30)18-6-7-22(31-3)21(12-18)26-17(2)28/h6-7,12-14,16H,4-5,8-11,15H2,1-3H3,(H,26,28)/t16-/m0/s1. The van der Waals surface area contributed by atoms with Crippen molar-refractivity contribution in [2.45, 2.75) is 55.9 Å². The van der Waals surface area contributed by atoms with E-state index in [1.54, 1.807) is 10.4 Å². The second-order valence-electron chi connectivity index (χ2n) is 9.34. The number of nitrogens with zero attached hydrogens (tertiary/aromatic N) is 1. The molecule has 2 aromatic rings. The molecule has 1 amide bonds. The van der Waals surface area contributed by atoms with Crippen LogP contribution in [0.25, 0.3) is 0 Å². The molecule has 2 aliphatic heterocycles. The Kier molecular flexibility index (Phi) is 5.72. The Morgan fingerprint density at radius 3 is 2.44 bits per heavy atom. The van der Waals surface area contributed by atoms with Gasteiger partial charge in [0.2, 0.25) is 15.9 Å². The Hall–Kier alpha value is -2.78. The van der Waals surface area contributed by atoms with Crippen molar-refractivity contribution in [2.24, 2.45) is 0 Å². The molecule has 34 heavy (non-hydrogen) atoms. The summed E-state index contributed by atoms with van der Waals surface area (Å²) < 4.78 is 46.6. The number of nitrogens with one attached hydrogen (secondary N) is 1. The highest BCUT2D eigenvalue weighted by atomic mass is 32.2. The van der Waals surface area contributed by atoms with E-state index in [-0.39, 0.29) is 22.3 Å². The zero-order valence-electron chi connectivity index (χ0n) is 19.7. The molecule has 1 saturated carbocycles. The van der Waals surface area contributed by atoms with E-state index in [0.29, 0.717) is 36.9 Å². The van der Waals surface area contributed by atoms with E-state index in [4.69, 9.17) is 14.2 Å². The summed E-state index contributed by atoms with van der Waals surface area (Å²) in [5.74, 6) is 1.52. The Balaban J connectivity index is 1.60. The van der Waals surface area contributed by atoms with Crippen LogP contribution in [0.1, 0.15) is 56.7 Å². The number of sulfonamides is 1. The van der Waals surface area contributed by atoms with E-state index >= 15 is 0 Å². The lowest BCUT2D eigenvalue weighted by Crippen LogP contribution is -2.48. The molecular weight excluding hydrogens is 456 g/mol. The molecule has 1 atom stereocenters. The maximum absolute atomic E-state index is 14.0. The van der Waals surface area contributed by atoms with Crippen molar-refractivity contribution in [1.29, 1.82) is 0 Å². The van der Waals surface area contributed by atoms with Crippen molar-refractivity contribution in [3.05, 3.63) is 41.5 Å². The monoisotopic (exact) mass is 486 g/mol. The number of carbonyl (C=O) groups excluding carboxylic acids is 1. The predicted octanol–water partition coefficient (Wildman–Crippen LogP) is 4.00. The summed E-state index contributed by atoms with van der Waals surface area (Å²) in [5, 5.41) is 2.67. The topological polar surface area (TPSA) is 94.2 Å². The first-order valence-corrected chi connectivity index (χ1v) is 13.1. The number of amides is 1. The molecule has 0 saturated heterocycles. The van der Waals surface area contributed by atoms with Crippen LogP contribution in [0.2, 0.25) is 0 Å². The average Bonchev–Trinajstić information content (AvgIpc) is 3.29. The lowest BCUT2D eigenvalue weighted by atomic mass is 9.72. The summed E-state index contributed by atoms with van der Waals surface area (Å²) >= 11 is 0. The quantitative estimate of drug-likeness (QED) is 0.702. The number of methoxy groups -OCH3 is 1. The number of rotatable bonds is 4. The molecule has 182 valence electrons. The first-order valence-electron chi connectivity index (χ1n) is 11.7. The van der Waals surface area contributed by atoms with Gasteiger partial charge in [0.15, 0.2) is 11.5 Å². The van der Waals surface area contributed by atoms with Crippen LogP contribution in [0.5, 0.6) is 17.2 Å². The van der Waals surface area contributed by atoms with E-state index in [0.717, 1.165) is 37.0 Å². The molecule has 0 unspecified atom stereocenters. The highest BCUT2D eigenvalue weighted by molar-refractivity contribution is 7.89. The normalized spacial score (nSPS) is 21.2. The zero-order valence-corrected chi connectivity index (χ0v) is 20.5. The number of fused-ring (bicyclic) bond motifs is 3. The molecule has 1 aliphatic carbocycles. The van der Waals surface area contributed by atoms with Gasteiger partial charge in [-0.05, 0) is 61.2 Å². The van der Waals surface area contributed by atoms with E-state index in [2.05, 4.69) is 11.4 Å². The molecule has 1 fully saturated rings. The van der Waals surface area contributed by atoms with Gasteiger partial charge in [0.25, 0.3) is 0 Å². The molecule has 9 heteroatoms. The minimum absolute atomic E-state index is 0.123. The smallest absolute Gasteiger partial charge is 0.243 e. The molecular formula is C25H30N2O6S.